The zero-order valence-corrected chi connectivity index (χ0v) is 11.8. The summed E-state index contributed by atoms with van der Waals surface area (Å²) in [4.78, 5) is 4.54. The average molecular weight is 277 g/mol. The first kappa shape index (κ1) is 12.7. The molecule has 0 aromatic carbocycles. The van der Waals surface area contributed by atoms with Gasteiger partial charge in [0.2, 0.25) is 0 Å². The third-order valence-corrected chi connectivity index (χ3v) is 5.64. The van der Waals surface area contributed by atoms with Gasteiger partial charge in [0.15, 0.2) is 0 Å². The molecule has 2 fully saturated rings. The lowest BCUT2D eigenvalue weighted by molar-refractivity contribution is 0.415. The summed E-state index contributed by atoms with van der Waals surface area (Å²) >= 11 is 3.80. The summed E-state index contributed by atoms with van der Waals surface area (Å²) in [6.07, 6.45) is 5.44. The maximum absolute atomic E-state index is 4.54. The topological polar surface area (TPSA) is 24.9 Å². The second-order valence-corrected chi connectivity index (χ2v) is 7.01. The van der Waals surface area contributed by atoms with Crippen LogP contribution in [-0.4, -0.2) is 22.3 Å². The molecular formula is C11H17ClN2S2. The molecule has 0 amide bonds. The number of halogens is 1. The molecule has 90 valence electrons. The Morgan fingerprint density at radius 3 is 2.62 bits per heavy atom. The maximum Gasteiger partial charge on any atom is 0.150 e. The highest BCUT2D eigenvalue weighted by Gasteiger charge is 2.34. The molecule has 2 bridgehead atoms. The summed E-state index contributed by atoms with van der Waals surface area (Å²) in [5.41, 5.74) is 1.17. The van der Waals surface area contributed by atoms with Gasteiger partial charge in [-0.3, -0.25) is 0 Å². The lowest BCUT2D eigenvalue weighted by Crippen LogP contribution is -2.39. The number of nitrogens with zero attached hydrogens (tertiary/aromatic N) is 1. The van der Waals surface area contributed by atoms with E-state index in [1.54, 1.807) is 11.3 Å². The largest absolute Gasteiger partial charge is 0.311 e. The van der Waals surface area contributed by atoms with Crippen molar-refractivity contribution in [3.05, 3.63) is 11.1 Å². The van der Waals surface area contributed by atoms with Crippen LogP contribution in [-0.2, 0) is 0 Å². The fourth-order valence-corrected chi connectivity index (χ4v) is 5.06. The molecule has 2 saturated heterocycles. The molecule has 3 rings (SSSR count). The number of aromatic nitrogens is 1. The number of nitrogens with one attached hydrogen (secondary N) is 1. The van der Waals surface area contributed by atoms with E-state index in [2.05, 4.69) is 22.6 Å². The smallest absolute Gasteiger partial charge is 0.150 e. The van der Waals surface area contributed by atoms with Crippen LogP contribution in [0.25, 0.3) is 0 Å². The standard InChI is InChI=1S/C11H16N2S2.ClH/c1-7-6-14-11(12-7)15-10-4-8-2-3-9(5-10)13-8;/h6,8-10,13H,2-5H2,1H3;1H. The van der Waals surface area contributed by atoms with E-state index in [-0.39, 0.29) is 12.4 Å². The van der Waals surface area contributed by atoms with Gasteiger partial charge in [0.1, 0.15) is 4.34 Å². The number of fused-ring (bicyclic) bond motifs is 2. The van der Waals surface area contributed by atoms with Crippen LogP contribution in [0.3, 0.4) is 0 Å². The molecule has 0 aliphatic carbocycles. The Kier molecular flexibility index (Phi) is 4.16. The Hall–Kier alpha value is 0.230. The Bertz CT molecular complexity index is 344. The summed E-state index contributed by atoms with van der Waals surface area (Å²) in [6, 6.07) is 1.59. The van der Waals surface area contributed by atoms with Crippen LogP contribution >= 0.6 is 35.5 Å². The molecule has 0 radical (unpaired) electrons. The minimum absolute atomic E-state index is 0. The first-order chi connectivity index (χ1) is 7.29. The monoisotopic (exact) mass is 276 g/mol. The van der Waals surface area contributed by atoms with E-state index in [1.807, 2.05) is 11.8 Å². The third-order valence-electron chi connectivity index (χ3n) is 3.30. The quantitative estimate of drug-likeness (QED) is 0.898. The van der Waals surface area contributed by atoms with Crippen molar-refractivity contribution in [1.29, 1.82) is 0 Å². The van der Waals surface area contributed by atoms with Gasteiger partial charge in [0, 0.05) is 28.4 Å². The summed E-state index contributed by atoms with van der Waals surface area (Å²) in [5, 5.41) is 6.63. The molecule has 1 aromatic heterocycles. The molecule has 2 aliphatic rings. The predicted octanol–water partition coefficient (Wildman–Crippen LogP) is 3.25. The zero-order valence-electron chi connectivity index (χ0n) is 9.31. The van der Waals surface area contributed by atoms with Gasteiger partial charge in [-0.1, -0.05) is 11.8 Å². The number of hydrogen-bond acceptors (Lipinski definition) is 4. The van der Waals surface area contributed by atoms with Crippen molar-refractivity contribution in [2.24, 2.45) is 0 Å². The minimum Gasteiger partial charge on any atom is -0.311 e. The predicted molar refractivity (Wildman–Crippen MR) is 72.9 cm³/mol. The second kappa shape index (κ2) is 5.25. The molecule has 16 heavy (non-hydrogen) atoms. The fraction of sp³-hybridized carbons (Fsp3) is 0.727. The molecule has 5 heteroatoms. The van der Waals surface area contributed by atoms with E-state index in [0.717, 1.165) is 17.3 Å². The first-order valence-electron chi connectivity index (χ1n) is 5.64. The van der Waals surface area contributed by atoms with Gasteiger partial charge in [0.25, 0.3) is 0 Å². The van der Waals surface area contributed by atoms with Crippen molar-refractivity contribution in [2.75, 3.05) is 0 Å². The van der Waals surface area contributed by atoms with Gasteiger partial charge in [-0.05, 0) is 32.6 Å². The first-order valence-corrected chi connectivity index (χ1v) is 7.40. The number of hydrogen-bond donors (Lipinski definition) is 1. The Balaban J connectivity index is 0.000000963. The average Bonchev–Trinajstić information content (AvgIpc) is 2.74. The molecule has 1 N–H and O–H groups in total. The van der Waals surface area contributed by atoms with Crippen molar-refractivity contribution in [3.63, 3.8) is 0 Å². The van der Waals surface area contributed by atoms with E-state index in [9.17, 15) is 0 Å². The van der Waals surface area contributed by atoms with Crippen LogP contribution in [0.4, 0.5) is 0 Å². The third kappa shape index (κ3) is 2.73. The van der Waals surface area contributed by atoms with Crippen molar-refractivity contribution in [3.8, 4) is 0 Å². The van der Waals surface area contributed by atoms with E-state index >= 15 is 0 Å². The van der Waals surface area contributed by atoms with E-state index < -0.39 is 0 Å². The number of thiazole rings is 1. The van der Waals surface area contributed by atoms with Gasteiger partial charge < -0.3 is 5.32 Å². The Morgan fingerprint density at radius 1 is 1.38 bits per heavy atom. The number of rotatable bonds is 2. The molecule has 2 unspecified atom stereocenters. The van der Waals surface area contributed by atoms with Gasteiger partial charge in [-0.15, -0.1) is 23.7 Å². The minimum atomic E-state index is 0. The lowest BCUT2D eigenvalue weighted by Gasteiger charge is -2.27. The van der Waals surface area contributed by atoms with Crippen molar-refractivity contribution < 1.29 is 0 Å². The number of thioether (sulfide) groups is 1. The van der Waals surface area contributed by atoms with E-state index in [0.29, 0.717) is 0 Å². The summed E-state index contributed by atoms with van der Waals surface area (Å²) in [6.45, 7) is 2.08. The Labute approximate surface area is 111 Å². The zero-order chi connectivity index (χ0) is 10.3. The van der Waals surface area contributed by atoms with Crippen LogP contribution < -0.4 is 5.32 Å². The summed E-state index contributed by atoms with van der Waals surface area (Å²) in [7, 11) is 0. The van der Waals surface area contributed by atoms with E-state index in [4.69, 9.17) is 0 Å². The highest BCUT2D eigenvalue weighted by molar-refractivity contribution is 8.01. The van der Waals surface area contributed by atoms with Crippen LogP contribution in [0, 0.1) is 6.92 Å². The van der Waals surface area contributed by atoms with Crippen LogP contribution in [0.5, 0.6) is 0 Å². The molecule has 0 spiro atoms. The number of piperidine rings is 1. The van der Waals surface area contributed by atoms with Gasteiger partial charge in [0.05, 0.1) is 0 Å². The van der Waals surface area contributed by atoms with E-state index in [1.165, 1.54) is 35.7 Å². The van der Waals surface area contributed by atoms with Crippen molar-refractivity contribution in [2.45, 2.75) is 54.3 Å². The molecule has 2 aliphatic heterocycles. The summed E-state index contributed by atoms with van der Waals surface area (Å²) in [5.74, 6) is 0. The highest BCUT2D eigenvalue weighted by atomic mass is 35.5. The number of aryl methyl sites for hydroxylation is 1. The Morgan fingerprint density at radius 2 is 2.06 bits per heavy atom. The van der Waals surface area contributed by atoms with Crippen molar-refractivity contribution in [1.82, 2.24) is 10.3 Å². The molecule has 2 atom stereocenters. The SMILES string of the molecule is Cc1csc(SC2CC3CCC(C2)N3)n1.Cl. The molecular weight excluding hydrogens is 260 g/mol. The van der Waals surface area contributed by atoms with Crippen LogP contribution in [0.2, 0.25) is 0 Å². The molecule has 1 aromatic rings. The molecule has 0 saturated carbocycles. The maximum atomic E-state index is 4.54. The molecule has 2 nitrogen and oxygen atoms in total. The van der Waals surface area contributed by atoms with Gasteiger partial charge in [-0.25, -0.2) is 4.98 Å². The molecule has 3 heterocycles. The lowest BCUT2D eigenvalue weighted by atomic mass is 10.1. The highest BCUT2D eigenvalue weighted by Crippen LogP contribution is 2.37. The summed E-state index contributed by atoms with van der Waals surface area (Å²) < 4.78 is 1.26. The van der Waals surface area contributed by atoms with Crippen LogP contribution in [0.15, 0.2) is 9.72 Å². The van der Waals surface area contributed by atoms with Gasteiger partial charge in [-0.2, -0.15) is 0 Å². The van der Waals surface area contributed by atoms with Gasteiger partial charge >= 0.3 is 0 Å². The second-order valence-electron chi connectivity index (χ2n) is 4.60. The van der Waals surface area contributed by atoms with Crippen molar-refractivity contribution >= 4 is 35.5 Å². The van der Waals surface area contributed by atoms with Crippen LogP contribution in [0.1, 0.15) is 31.4 Å². The fourth-order valence-electron chi connectivity index (χ4n) is 2.63. The normalized spacial score (nSPS) is 32.4.